The molecule has 0 aromatic heterocycles. The maximum absolute atomic E-state index is 12.0. The van der Waals surface area contributed by atoms with E-state index in [-0.39, 0.29) is 30.0 Å². The Morgan fingerprint density at radius 1 is 1.27 bits per heavy atom. The van der Waals surface area contributed by atoms with Crippen molar-refractivity contribution < 1.29 is 13.2 Å². The van der Waals surface area contributed by atoms with Crippen LogP contribution in [-0.4, -0.2) is 39.7 Å². The Balaban J connectivity index is 0.00000176. The van der Waals surface area contributed by atoms with Crippen LogP contribution in [0.1, 0.15) is 12.8 Å². The highest BCUT2D eigenvalue weighted by atomic mass is 35.5. The first-order valence-electron chi connectivity index (χ1n) is 7.18. The van der Waals surface area contributed by atoms with Crippen molar-refractivity contribution in [1.82, 2.24) is 5.32 Å². The maximum atomic E-state index is 12.0. The lowest BCUT2D eigenvalue weighted by Crippen LogP contribution is -2.25. The Hall–Kier alpha value is -1.31. The van der Waals surface area contributed by atoms with E-state index in [1.54, 1.807) is 24.3 Å². The molecule has 122 valence electrons. The van der Waals surface area contributed by atoms with Crippen LogP contribution < -0.4 is 14.9 Å². The van der Waals surface area contributed by atoms with Crippen molar-refractivity contribution in [1.29, 1.82) is 0 Å². The van der Waals surface area contributed by atoms with Gasteiger partial charge in [-0.1, -0.05) is 0 Å². The van der Waals surface area contributed by atoms with Crippen LogP contribution in [0.25, 0.3) is 0 Å². The zero-order valence-electron chi connectivity index (χ0n) is 12.1. The van der Waals surface area contributed by atoms with Gasteiger partial charge >= 0.3 is 0 Å². The first-order valence-corrected chi connectivity index (χ1v) is 8.79. The van der Waals surface area contributed by atoms with Gasteiger partial charge in [0.1, 0.15) is 0 Å². The molecule has 1 atom stereocenters. The third kappa shape index (κ3) is 3.53. The molecule has 3 rings (SSSR count). The lowest BCUT2D eigenvalue weighted by atomic mass is 10.1. The van der Waals surface area contributed by atoms with Gasteiger partial charge in [-0.2, -0.15) is 0 Å². The van der Waals surface area contributed by atoms with Crippen molar-refractivity contribution in [3.05, 3.63) is 24.3 Å². The number of sulfonamides is 1. The SMILES string of the molecule is Cl.O=C(Nc1ccc(N2CCCS2(=O)=O)cc1)C1CCNC1. The van der Waals surface area contributed by atoms with Crippen molar-refractivity contribution in [2.75, 3.05) is 35.0 Å². The number of halogens is 1. The second-order valence-corrected chi connectivity index (χ2v) is 7.48. The minimum Gasteiger partial charge on any atom is -0.326 e. The van der Waals surface area contributed by atoms with Crippen LogP contribution in [0.15, 0.2) is 24.3 Å². The molecule has 0 radical (unpaired) electrons. The number of hydrogen-bond donors (Lipinski definition) is 2. The number of nitrogens with zero attached hydrogens (tertiary/aromatic N) is 1. The van der Waals surface area contributed by atoms with E-state index < -0.39 is 10.0 Å². The highest BCUT2D eigenvalue weighted by molar-refractivity contribution is 7.93. The molecule has 0 aliphatic carbocycles. The van der Waals surface area contributed by atoms with E-state index in [9.17, 15) is 13.2 Å². The van der Waals surface area contributed by atoms with E-state index in [4.69, 9.17) is 0 Å². The quantitative estimate of drug-likeness (QED) is 0.862. The van der Waals surface area contributed by atoms with Crippen molar-refractivity contribution >= 4 is 39.7 Å². The number of rotatable bonds is 3. The lowest BCUT2D eigenvalue weighted by Gasteiger charge is -2.17. The zero-order valence-corrected chi connectivity index (χ0v) is 13.8. The van der Waals surface area contributed by atoms with Gasteiger partial charge in [-0.05, 0) is 43.7 Å². The first kappa shape index (κ1) is 17.1. The van der Waals surface area contributed by atoms with Gasteiger partial charge in [0.05, 0.1) is 17.4 Å². The number of hydrogen-bond acceptors (Lipinski definition) is 4. The summed E-state index contributed by atoms with van der Waals surface area (Å²) in [6, 6.07) is 6.99. The summed E-state index contributed by atoms with van der Waals surface area (Å²) in [4.78, 5) is 12.0. The van der Waals surface area contributed by atoms with Gasteiger partial charge in [0.15, 0.2) is 0 Å². The van der Waals surface area contributed by atoms with E-state index in [2.05, 4.69) is 10.6 Å². The van der Waals surface area contributed by atoms with Gasteiger partial charge in [-0.15, -0.1) is 12.4 Å². The largest absolute Gasteiger partial charge is 0.326 e. The zero-order chi connectivity index (χ0) is 14.9. The molecular weight excluding hydrogens is 326 g/mol. The number of carbonyl (C=O) groups excluding carboxylic acids is 1. The fraction of sp³-hybridized carbons (Fsp3) is 0.500. The molecule has 1 aromatic rings. The summed E-state index contributed by atoms with van der Waals surface area (Å²) in [5, 5.41) is 6.04. The summed E-state index contributed by atoms with van der Waals surface area (Å²) in [6.45, 7) is 2.13. The molecule has 1 amide bonds. The van der Waals surface area contributed by atoms with Crippen molar-refractivity contribution in [3.8, 4) is 0 Å². The maximum Gasteiger partial charge on any atom is 0.235 e. The molecule has 6 nitrogen and oxygen atoms in total. The number of benzene rings is 1. The van der Waals surface area contributed by atoms with Gasteiger partial charge in [0, 0.05) is 18.8 Å². The van der Waals surface area contributed by atoms with E-state index in [1.165, 1.54) is 4.31 Å². The summed E-state index contributed by atoms with van der Waals surface area (Å²) >= 11 is 0. The Bertz CT molecular complexity index is 627. The predicted octanol–water partition coefficient (Wildman–Crippen LogP) is 1.20. The minimum absolute atomic E-state index is 0. The fourth-order valence-electron chi connectivity index (χ4n) is 2.76. The molecule has 0 spiro atoms. The van der Waals surface area contributed by atoms with Crippen molar-refractivity contribution in [2.24, 2.45) is 5.92 Å². The van der Waals surface area contributed by atoms with Gasteiger partial charge in [0.25, 0.3) is 0 Å². The molecule has 1 aromatic carbocycles. The van der Waals surface area contributed by atoms with Gasteiger partial charge in [-0.3, -0.25) is 9.10 Å². The molecule has 8 heteroatoms. The van der Waals surface area contributed by atoms with Crippen LogP contribution in [0.4, 0.5) is 11.4 Å². The molecule has 0 saturated carbocycles. The van der Waals surface area contributed by atoms with Crippen LogP contribution >= 0.6 is 12.4 Å². The molecular formula is C14H20ClN3O3S. The Labute approximate surface area is 136 Å². The van der Waals surface area contributed by atoms with E-state index in [1.807, 2.05) is 0 Å². The normalized spacial score (nSPS) is 23.1. The monoisotopic (exact) mass is 345 g/mol. The molecule has 22 heavy (non-hydrogen) atoms. The summed E-state index contributed by atoms with van der Waals surface area (Å²) < 4.78 is 25.1. The molecule has 1 unspecified atom stereocenters. The topological polar surface area (TPSA) is 78.5 Å². The highest BCUT2D eigenvalue weighted by Gasteiger charge is 2.28. The molecule has 2 N–H and O–H groups in total. The van der Waals surface area contributed by atoms with E-state index >= 15 is 0 Å². The molecule has 2 aliphatic rings. The number of amides is 1. The molecule has 2 heterocycles. The van der Waals surface area contributed by atoms with Crippen LogP contribution in [0.2, 0.25) is 0 Å². The molecule has 2 aliphatic heterocycles. The average molecular weight is 346 g/mol. The minimum atomic E-state index is -3.15. The standard InChI is InChI=1S/C14H19N3O3S.ClH/c18-14(11-6-7-15-10-11)16-12-2-4-13(5-3-12)17-8-1-9-21(17,19)20;/h2-5,11,15H,1,6-10H2,(H,16,18);1H. The summed E-state index contributed by atoms with van der Waals surface area (Å²) in [5.74, 6) is 0.241. The third-order valence-electron chi connectivity index (χ3n) is 3.95. The van der Waals surface area contributed by atoms with Crippen molar-refractivity contribution in [3.63, 3.8) is 0 Å². The van der Waals surface area contributed by atoms with Crippen LogP contribution in [0, 0.1) is 5.92 Å². The second-order valence-electron chi connectivity index (χ2n) is 5.47. The predicted molar refractivity (Wildman–Crippen MR) is 89.0 cm³/mol. The number of nitrogens with one attached hydrogen (secondary N) is 2. The summed E-state index contributed by atoms with van der Waals surface area (Å²) in [5.41, 5.74) is 1.36. The lowest BCUT2D eigenvalue weighted by molar-refractivity contribution is -0.119. The van der Waals surface area contributed by atoms with E-state index in [0.29, 0.717) is 24.3 Å². The van der Waals surface area contributed by atoms with Gasteiger partial charge < -0.3 is 10.6 Å². The van der Waals surface area contributed by atoms with Crippen molar-refractivity contribution in [2.45, 2.75) is 12.8 Å². The molecule has 2 saturated heterocycles. The Kier molecular flexibility index (Phi) is 5.31. The highest BCUT2D eigenvalue weighted by Crippen LogP contribution is 2.25. The molecule has 2 fully saturated rings. The van der Waals surface area contributed by atoms with Crippen LogP contribution in [-0.2, 0) is 14.8 Å². The van der Waals surface area contributed by atoms with Crippen LogP contribution in [0.3, 0.4) is 0 Å². The number of anilines is 2. The van der Waals surface area contributed by atoms with Gasteiger partial charge in [0.2, 0.25) is 15.9 Å². The summed E-state index contributed by atoms with van der Waals surface area (Å²) in [7, 11) is -3.15. The first-order chi connectivity index (χ1) is 10.1. The average Bonchev–Trinajstić information content (AvgIpc) is 3.09. The summed E-state index contributed by atoms with van der Waals surface area (Å²) in [6.07, 6.45) is 1.52. The Morgan fingerprint density at radius 2 is 2.00 bits per heavy atom. The molecule has 0 bridgehead atoms. The Morgan fingerprint density at radius 3 is 2.55 bits per heavy atom. The fourth-order valence-corrected chi connectivity index (χ4v) is 4.33. The third-order valence-corrected chi connectivity index (χ3v) is 5.82. The number of carbonyl (C=O) groups is 1. The van der Waals surface area contributed by atoms with E-state index in [0.717, 1.165) is 19.5 Å². The smallest absolute Gasteiger partial charge is 0.235 e. The van der Waals surface area contributed by atoms with Gasteiger partial charge in [-0.25, -0.2) is 8.42 Å². The van der Waals surface area contributed by atoms with Crippen LogP contribution in [0.5, 0.6) is 0 Å². The second kappa shape index (κ2) is 6.85.